The van der Waals surface area contributed by atoms with Gasteiger partial charge in [-0.1, -0.05) is 63.4 Å². The van der Waals surface area contributed by atoms with E-state index in [2.05, 4.69) is 10.4 Å². The molecule has 0 saturated heterocycles. The predicted octanol–water partition coefficient (Wildman–Crippen LogP) is 2.79. The van der Waals surface area contributed by atoms with Gasteiger partial charge in [0.05, 0.1) is 12.6 Å². The molecule has 1 fully saturated rings. The quantitative estimate of drug-likeness (QED) is 0.740. The molecule has 2 aromatic rings. The van der Waals surface area contributed by atoms with Crippen molar-refractivity contribution in [2.45, 2.75) is 58.5 Å². The van der Waals surface area contributed by atoms with Crippen molar-refractivity contribution in [3.63, 3.8) is 0 Å². The van der Waals surface area contributed by atoms with Gasteiger partial charge in [0.15, 0.2) is 0 Å². The van der Waals surface area contributed by atoms with Crippen LogP contribution in [0.1, 0.15) is 62.2 Å². The summed E-state index contributed by atoms with van der Waals surface area (Å²) in [6, 6.07) is 8.57. The molecular weight excluding hydrogens is 358 g/mol. The number of nitrogens with zero attached hydrogens (tertiary/aromatic N) is 2. The molecule has 0 spiro atoms. The van der Waals surface area contributed by atoms with Crippen LogP contribution in [-0.4, -0.2) is 27.5 Å². The summed E-state index contributed by atoms with van der Waals surface area (Å²) < 4.78 is 6.23. The van der Waals surface area contributed by atoms with Crippen molar-refractivity contribution in [3.05, 3.63) is 52.3 Å². The lowest BCUT2D eigenvalue weighted by Gasteiger charge is -2.25. The maximum absolute atomic E-state index is 12.9. The highest BCUT2D eigenvalue weighted by atomic mass is 16.4. The second-order valence-electron chi connectivity index (χ2n) is 7.75. The molecule has 0 bridgehead atoms. The molecule has 1 aromatic heterocycles. The second kappa shape index (κ2) is 8.99. The Morgan fingerprint density at radius 2 is 1.86 bits per heavy atom. The van der Waals surface area contributed by atoms with Crippen LogP contribution in [0, 0.1) is 11.8 Å². The summed E-state index contributed by atoms with van der Waals surface area (Å²) in [6.45, 7) is 3.92. The molecule has 150 valence electrons. The van der Waals surface area contributed by atoms with E-state index in [9.17, 15) is 14.4 Å². The molecule has 7 heteroatoms. The molecule has 1 N–H and O–H groups in total. The van der Waals surface area contributed by atoms with E-state index in [1.54, 1.807) is 0 Å². The fourth-order valence-corrected chi connectivity index (χ4v) is 3.57. The van der Waals surface area contributed by atoms with Crippen LogP contribution in [-0.2, 0) is 11.3 Å². The Morgan fingerprint density at radius 3 is 2.50 bits per heavy atom. The lowest BCUT2D eigenvalue weighted by molar-refractivity contribution is -0.126. The summed E-state index contributed by atoms with van der Waals surface area (Å²) >= 11 is 0. The van der Waals surface area contributed by atoms with Gasteiger partial charge in [-0.15, -0.1) is 5.10 Å². The molecule has 1 aliphatic rings. The van der Waals surface area contributed by atoms with E-state index in [0.29, 0.717) is 0 Å². The van der Waals surface area contributed by atoms with Gasteiger partial charge in [0.1, 0.15) is 0 Å². The molecule has 3 rings (SSSR count). The number of hydrogen-bond acceptors (Lipinski definition) is 5. The van der Waals surface area contributed by atoms with Crippen LogP contribution in [0.15, 0.2) is 39.5 Å². The minimum atomic E-state index is -0.766. The van der Waals surface area contributed by atoms with Crippen LogP contribution in [0.25, 0.3) is 0 Å². The van der Waals surface area contributed by atoms with Crippen molar-refractivity contribution < 1.29 is 14.0 Å². The number of amides is 1. The second-order valence-corrected chi connectivity index (χ2v) is 7.75. The number of Topliss-reactive ketones (excluding diaryl/α,β-unsaturated/α-hetero) is 1. The highest BCUT2D eigenvalue weighted by Crippen LogP contribution is 2.24. The third-order valence-electron chi connectivity index (χ3n) is 5.22. The fourth-order valence-electron chi connectivity index (χ4n) is 3.57. The zero-order valence-corrected chi connectivity index (χ0v) is 16.4. The Bertz CT molecular complexity index is 863. The maximum Gasteiger partial charge on any atom is 0.437 e. The molecule has 1 amide bonds. The number of hydrogen-bond donors (Lipinski definition) is 1. The van der Waals surface area contributed by atoms with Gasteiger partial charge in [-0.05, 0) is 24.3 Å². The van der Waals surface area contributed by atoms with Crippen LogP contribution in [0.4, 0.5) is 0 Å². The average molecular weight is 385 g/mol. The van der Waals surface area contributed by atoms with E-state index in [4.69, 9.17) is 4.42 Å². The van der Waals surface area contributed by atoms with E-state index >= 15 is 0 Å². The number of aromatic nitrogens is 2. The maximum atomic E-state index is 12.9. The molecule has 0 unspecified atom stereocenters. The molecule has 1 aliphatic carbocycles. The van der Waals surface area contributed by atoms with Crippen molar-refractivity contribution in [2.75, 3.05) is 0 Å². The molecule has 0 radical (unpaired) electrons. The van der Waals surface area contributed by atoms with E-state index in [-0.39, 0.29) is 30.2 Å². The first-order valence-electron chi connectivity index (χ1n) is 9.92. The third-order valence-corrected chi connectivity index (χ3v) is 5.22. The van der Waals surface area contributed by atoms with E-state index < -0.39 is 17.6 Å². The molecule has 28 heavy (non-hydrogen) atoms. The normalized spacial score (nSPS) is 16.1. The van der Waals surface area contributed by atoms with Gasteiger partial charge in [-0.3, -0.25) is 9.59 Å². The molecule has 1 heterocycles. The average Bonchev–Trinajstić information content (AvgIpc) is 3.07. The van der Waals surface area contributed by atoms with Gasteiger partial charge in [0, 0.05) is 5.92 Å². The number of nitrogens with one attached hydrogen (secondary N) is 1. The number of benzene rings is 1. The Hall–Kier alpha value is -2.70. The lowest BCUT2D eigenvalue weighted by Crippen LogP contribution is -2.47. The van der Waals surface area contributed by atoms with Crippen LogP contribution in [0.2, 0.25) is 0 Å². The van der Waals surface area contributed by atoms with Gasteiger partial charge >= 0.3 is 5.76 Å². The Balaban J connectivity index is 1.73. The number of carbonyl (C=O) groups excluding carboxylic acids is 2. The fraction of sp³-hybridized carbons (Fsp3) is 0.524. The van der Waals surface area contributed by atoms with Gasteiger partial charge in [0.2, 0.25) is 11.7 Å². The van der Waals surface area contributed by atoms with Crippen molar-refractivity contribution in [1.82, 2.24) is 15.1 Å². The van der Waals surface area contributed by atoms with Gasteiger partial charge < -0.3 is 9.73 Å². The first kappa shape index (κ1) is 20.0. The van der Waals surface area contributed by atoms with Crippen molar-refractivity contribution >= 4 is 11.7 Å². The topological polar surface area (TPSA) is 94.2 Å². The zero-order valence-electron chi connectivity index (χ0n) is 16.4. The lowest BCUT2D eigenvalue weighted by atomic mass is 9.88. The van der Waals surface area contributed by atoms with E-state index in [1.165, 1.54) is 0 Å². The summed E-state index contributed by atoms with van der Waals surface area (Å²) in [5, 5.41) is 6.93. The number of carbonyl (C=O) groups is 2. The summed E-state index contributed by atoms with van der Waals surface area (Å²) in [7, 11) is 0. The monoisotopic (exact) mass is 385 g/mol. The first-order chi connectivity index (χ1) is 13.5. The minimum Gasteiger partial charge on any atom is -0.384 e. The minimum absolute atomic E-state index is 0.0505. The Kier molecular flexibility index (Phi) is 6.44. The van der Waals surface area contributed by atoms with Crippen LogP contribution >= 0.6 is 0 Å². The number of rotatable bonds is 7. The molecule has 0 aliphatic heterocycles. The van der Waals surface area contributed by atoms with Gasteiger partial charge in [0.25, 0.3) is 5.89 Å². The van der Waals surface area contributed by atoms with E-state index in [1.807, 2.05) is 44.2 Å². The smallest absolute Gasteiger partial charge is 0.384 e. The first-order valence-corrected chi connectivity index (χ1v) is 9.92. The largest absolute Gasteiger partial charge is 0.437 e. The van der Waals surface area contributed by atoms with Crippen LogP contribution in [0.3, 0.4) is 0 Å². The van der Waals surface area contributed by atoms with Crippen LogP contribution < -0.4 is 11.1 Å². The highest BCUT2D eigenvalue weighted by Gasteiger charge is 2.32. The highest BCUT2D eigenvalue weighted by molar-refractivity contribution is 5.98. The molecule has 1 saturated carbocycles. The summed E-state index contributed by atoms with van der Waals surface area (Å²) in [4.78, 5) is 37.6. The SMILES string of the molecule is CC(C)[C@H](NC(=O)C1CCCCC1)C(=O)c1nn(Cc2ccccc2)c(=O)o1. The van der Waals surface area contributed by atoms with Gasteiger partial charge in [-0.2, -0.15) is 4.68 Å². The van der Waals surface area contributed by atoms with Crippen LogP contribution in [0.5, 0.6) is 0 Å². The predicted molar refractivity (Wildman–Crippen MR) is 104 cm³/mol. The molecule has 1 aromatic carbocycles. The molecule has 7 nitrogen and oxygen atoms in total. The van der Waals surface area contributed by atoms with E-state index in [0.717, 1.165) is 42.3 Å². The number of ketones is 1. The summed E-state index contributed by atoms with van der Waals surface area (Å²) in [5.41, 5.74) is 0.878. The zero-order chi connectivity index (χ0) is 20.1. The van der Waals surface area contributed by atoms with Crippen molar-refractivity contribution in [1.29, 1.82) is 0 Å². The third kappa shape index (κ3) is 4.77. The standard InChI is InChI=1S/C21H27N3O4/c1-14(2)17(22-19(26)16-11-7-4-8-12-16)18(25)20-23-24(21(27)28-20)13-15-9-5-3-6-10-15/h3,5-6,9-10,14,16-17H,4,7-8,11-13H2,1-2H3,(H,22,26)/t17-/m0/s1. The summed E-state index contributed by atoms with van der Waals surface area (Å²) in [5.74, 6) is -1.71. The van der Waals surface area contributed by atoms with Crippen molar-refractivity contribution in [3.8, 4) is 0 Å². The van der Waals surface area contributed by atoms with Gasteiger partial charge in [-0.25, -0.2) is 4.79 Å². The molecular formula is C21H27N3O4. The Labute approximate surface area is 164 Å². The molecule has 1 atom stereocenters. The summed E-state index contributed by atoms with van der Waals surface area (Å²) in [6.07, 6.45) is 4.94. The van der Waals surface area contributed by atoms with Crippen molar-refractivity contribution in [2.24, 2.45) is 11.8 Å². The Morgan fingerprint density at radius 1 is 1.18 bits per heavy atom.